The van der Waals surface area contributed by atoms with Gasteiger partial charge in [-0.2, -0.15) is 0 Å². The molecule has 1 saturated heterocycles. The topological polar surface area (TPSA) is 54.4 Å². The largest absolute Gasteiger partial charge is 0.394 e. The number of nitrogens with zero attached hydrogens (tertiary/aromatic N) is 1. The van der Waals surface area contributed by atoms with Crippen LogP contribution in [0.2, 0.25) is 0 Å². The van der Waals surface area contributed by atoms with Crippen LogP contribution >= 0.6 is 0 Å². The smallest absolute Gasteiger partial charge is 0.132 e. The third kappa shape index (κ3) is 2.90. The van der Waals surface area contributed by atoms with Crippen LogP contribution in [0.25, 0.3) is 10.9 Å². The number of hydrogen-bond donors (Lipinski definition) is 2. The lowest BCUT2D eigenvalue weighted by Crippen LogP contribution is -2.51. The van der Waals surface area contributed by atoms with Gasteiger partial charge in [0.15, 0.2) is 0 Å². The lowest BCUT2D eigenvalue weighted by Gasteiger charge is -2.36. The Labute approximate surface area is 123 Å². The maximum Gasteiger partial charge on any atom is 0.132 e. The van der Waals surface area contributed by atoms with Gasteiger partial charge < -0.3 is 15.2 Å². The van der Waals surface area contributed by atoms with E-state index in [1.807, 2.05) is 0 Å². The number of aliphatic hydroxyl groups is 1. The van der Waals surface area contributed by atoms with Crippen LogP contribution in [0.5, 0.6) is 0 Å². The standard InChI is InChI=1S/C16H19FN2O2/c17-14-4-3-12(15-13(14)2-1-7-18-15)10-19-16(11-20)5-8-21-9-6-16/h1-4,7,19-20H,5-6,8-11H2. The van der Waals surface area contributed by atoms with Gasteiger partial charge in [-0.15, -0.1) is 0 Å². The number of aliphatic hydroxyl groups excluding tert-OH is 1. The summed E-state index contributed by atoms with van der Waals surface area (Å²) in [5, 5.41) is 13.6. The van der Waals surface area contributed by atoms with E-state index in [-0.39, 0.29) is 18.0 Å². The van der Waals surface area contributed by atoms with E-state index in [4.69, 9.17) is 4.74 Å². The molecule has 1 aliphatic rings. The van der Waals surface area contributed by atoms with Crippen molar-refractivity contribution in [2.75, 3.05) is 19.8 Å². The highest BCUT2D eigenvalue weighted by atomic mass is 19.1. The zero-order chi connectivity index (χ0) is 14.7. The van der Waals surface area contributed by atoms with Gasteiger partial charge in [0.2, 0.25) is 0 Å². The van der Waals surface area contributed by atoms with Gasteiger partial charge in [-0.25, -0.2) is 4.39 Å². The summed E-state index contributed by atoms with van der Waals surface area (Å²) in [7, 11) is 0. The molecule has 0 saturated carbocycles. The predicted octanol–water partition coefficient (Wildman–Crippen LogP) is 2.00. The molecule has 21 heavy (non-hydrogen) atoms. The second-order valence-corrected chi connectivity index (χ2v) is 5.51. The van der Waals surface area contributed by atoms with E-state index in [2.05, 4.69) is 10.3 Å². The number of benzene rings is 1. The molecule has 3 rings (SSSR count). The minimum absolute atomic E-state index is 0.0723. The normalized spacial score (nSPS) is 18.0. The Morgan fingerprint density at radius 2 is 2.10 bits per heavy atom. The summed E-state index contributed by atoms with van der Waals surface area (Å²) >= 11 is 0. The summed E-state index contributed by atoms with van der Waals surface area (Å²) in [5.74, 6) is -0.259. The first kappa shape index (κ1) is 14.4. The quantitative estimate of drug-likeness (QED) is 0.904. The van der Waals surface area contributed by atoms with Crippen LogP contribution in [-0.2, 0) is 11.3 Å². The SMILES string of the molecule is OCC1(NCc2ccc(F)c3cccnc23)CCOCC1. The molecule has 1 aromatic carbocycles. The van der Waals surface area contributed by atoms with E-state index in [0.29, 0.717) is 30.7 Å². The molecule has 2 N–H and O–H groups in total. The molecule has 0 aliphatic carbocycles. The molecule has 0 amide bonds. The number of aromatic nitrogens is 1. The summed E-state index contributed by atoms with van der Waals surface area (Å²) in [5.41, 5.74) is 1.30. The van der Waals surface area contributed by atoms with Crippen molar-refractivity contribution in [3.63, 3.8) is 0 Å². The number of nitrogens with one attached hydrogen (secondary N) is 1. The number of rotatable bonds is 4. The van der Waals surface area contributed by atoms with E-state index in [0.717, 1.165) is 18.4 Å². The van der Waals surface area contributed by atoms with E-state index in [9.17, 15) is 9.50 Å². The van der Waals surface area contributed by atoms with Gasteiger partial charge in [-0.1, -0.05) is 6.07 Å². The van der Waals surface area contributed by atoms with Crippen molar-refractivity contribution in [3.05, 3.63) is 41.8 Å². The lowest BCUT2D eigenvalue weighted by atomic mass is 9.90. The van der Waals surface area contributed by atoms with Gasteiger partial charge in [-0.3, -0.25) is 4.98 Å². The zero-order valence-corrected chi connectivity index (χ0v) is 11.8. The average molecular weight is 290 g/mol. The molecule has 2 heterocycles. The predicted molar refractivity (Wildman–Crippen MR) is 78.4 cm³/mol. The molecule has 0 radical (unpaired) electrons. The first-order valence-corrected chi connectivity index (χ1v) is 7.20. The molecule has 1 aromatic heterocycles. The minimum Gasteiger partial charge on any atom is -0.394 e. The van der Waals surface area contributed by atoms with Gasteiger partial charge in [0.25, 0.3) is 0 Å². The molecular formula is C16H19FN2O2. The van der Waals surface area contributed by atoms with Crippen LogP contribution in [0.15, 0.2) is 30.5 Å². The molecular weight excluding hydrogens is 271 g/mol. The highest BCUT2D eigenvalue weighted by Gasteiger charge is 2.31. The fourth-order valence-corrected chi connectivity index (χ4v) is 2.77. The molecule has 112 valence electrons. The zero-order valence-electron chi connectivity index (χ0n) is 11.8. The second kappa shape index (κ2) is 6.05. The van der Waals surface area contributed by atoms with Crippen LogP contribution < -0.4 is 5.32 Å². The number of fused-ring (bicyclic) bond motifs is 1. The second-order valence-electron chi connectivity index (χ2n) is 5.51. The Hall–Kier alpha value is -1.56. The average Bonchev–Trinajstić information content (AvgIpc) is 2.55. The van der Waals surface area contributed by atoms with Crippen LogP contribution in [0.4, 0.5) is 4.39 Å². The number of hydrogen-bond acceptors (Lipinski definition) is 4. The third-order valence-electron chi connectivity index (χ3n) is 4.21. The van der Waals surface area contributed by atoms with Gasteiger partial charge in [0, 0.05) is 36.9 Å². The summed E-state index contributed by atoms with van der Waals surface area (Å²) in [4.78, 5) is 4.29. The number of ether oxygens (including phenoxy) is 1. The summed E-state index contributed by atoms with van der Waals surface area (Å²) in [6, 6.07) is 6.69. The van der Waals surface area contributed by atoms with Gasteiger partial charge in [0.1, 0.15) is 5.82 Å². The Morgan fingerprint density at radius 1 is 1.29 bits per heavy atom. The molecule has 1 fully saturated rings. The van der Waals surface area contributed by atoms with E-state index in [1.54, 1.807) is 24.4 Å². The highest BCUT2D eigenvalue weighted by Crippen LogP contribution is 2.23. The third-order valence-corrected chi connectivity index (χ3v) is 4.21. The Morgan fingerprint density at radius 3 is 2.86 bits per heavy atom. The maximum atomic E-state index is 13.8. The van der Waals surface area contributed by atoms with Crippen molar-refractivity contribution < 1.29 is 14.2 Å². The Kier molecular flexibility index (Phi) is 4.14. The van der Waals surface area contributed by atoms with Crippen LogP contribution in [0, 0.1) is 5.82 Å². The summed E-state index contributed by atoms with van der Waals surface area (Å²) in [6.45, 7) is 1.92. The van der Waals surface area contributed by atoms with E-state index >= 15 is 0 Å². The van der Waals surface area contributed by atoms with Crippen molar-refractivity contribution in [1.82, 2.24) is 10.3 Å². The first-order chi connectivity index (χ1) is 10.2. The summed E-state index contributed by atoms with van der Waals surface area (Å²) in [6.07, 6.45) is 3.22. The monoisotopic (exact) mass is 290 g/mol. The van der Waals surface area contributed by atoms with E-state index in [1.165, 1.54) is 6.07 Å². The maximum absolute atomic E-state index is 13.8. The molecule has 0 unspecified atom stereocenters. The molecule has 0 bridgehead atoms. The van der Waals surface area contributed by atoms with Gasteiger partial charge >= 0.3 is 0 Å². The van der Waals surface area contributed by atoms with Crippen LogP contribution in [-0.4, -0.2) is 35.5 Å². The van der Waals surface area contributed by atoms with Crippen molar-refractivity contribution in [1.29, 1.82) is 0 Å². The molecule has 0 atom stereocenters. The molecule has 0 spiro atoms. The van der Waals surface area contributed by atoms with Gasteiger partial charge in [0.05, 0.1) is 12.1 Å². The van der Waals surface area contributed by atoms with Crippen molar-refractivity contribution in [3.8, 4) is 0 Å². The molecule has 4 nitrogen and oxygen atoms in total. The molecule has 1 aliphatic heterocycles. The minimum atomic E-state index is -0.312. The van der Waals surface area contributed by atoms with Crippen molar-refractivity contribution in [2.45, 2.75) is 24.9 Å². The lowest BCUT2D eigenvalue weighted by molar-refractivity contribution is 0.0112. The van der Waals surface area contributed by atoms with Crippen molar-refractivity contribution >= 4 is 10.9 Å². The Balaban J connectivity index is 1.83. The van der Waals surface area contributed by atoms with E-state index < -0.39 is 0 Å². The first-order valence-electron chi connectivity index (χ1n) is 7.20. The van der Waals surface area contributed by atoms with Crippen molar-refractivity contribution in [2.24, 2.45) is 0 Å². The molecule has 2 aromatic rings. The number of halogens is 1. The van der Waals surface area contributed by atoms with Crippen LogP contribution in [0.1, 0.15) is 18.4 Å². The Bertz CT molecular complexity index is 627. The fourth-order valence-electron chi connectivity index (χ4n) is 2.77. The molecule has 5 heteroatoms. The van der Waals surface area contributed by atoms with Crippen LogP contribution in [0.3, 0.4) is 0 Å². The van der Waals surface area contributed by atoms with Gasteiger partial charge in [-0.05, 0) is 36.6 Å². The highest BCUT2D eigenvalue weighted by molar-refractivity contribution is 5.82. The fraction of sp³-hybridized carbons (Fsp3) is 0.438. The summed E-state index contributed by atoms with van der Waals surface area (Å²) < 4.78 is 19.1. The number of pyridine rings is 1.